The van der Waals surface area contributed by atoms with Gasteiger partial charge >= 0.3 is 0 Å². The molecule has 0 saturated heterocycles. The maximum atomic E-state index is 12.0. The molecule has 0 aliphatic carbocycles. The minimum absolute atomic E-state index is 0.0476. The lowest BCUT2D eigenvalue weighted by Gasteiger charge is -2.34. The molecule has 0 saturated carbocycles. The Balaban J connectivity index is 2.37. The number of allylic oxidation sites excluding steroid dienone is 2. The molecular formula is C18H19ClN2O. The number of halogens is 1. The molecule has 1 aliphatic heterocycles. The summed E-state index contributed by atoms with van der Waals surface area (Å²) >= 11 is 6.09. The van der Waals surface area contributed by atoms with Crippen LogP contribution in [0.2, 0.25) is 5.02 Å². The minimum Gasteiger partial charge on any atom is -0.334 e. The molecular weight excluding hydrogens is 296 g/mol. The molecule has 1 aromatic carbocycles. The molecule has 2 rings (SSSR count). The van der Waals surface area contributed by atoms with Crippen LogP contribution < -0.4 is 0 Å². The number of hydrogen-bond acceptors (Lipinski definition) is 2. The first kappa shape index (κ1) is 16.2. The van der Waals surface area contributed by atoms with Gasteiger partial charge in [-0.1, -0.05) is 36.9 Å². The molecule has 0 radical (unpaired) electrons. The monoisotopic (exact) mass is 314 g/mol. The molecule has 1 atom stereocenters. The van der Waals surface area contributed by atoms with Crippen LogP contribution in [0.4, 0.5) is 0 Å². The Hall–Kier alpha value is -2.13. The van der Waals surface area contributed by atoms with Crippen LogP contribution in [0.15, 0.2) is 60.2 Å². The lowest BCUT2D eigenvalue weighted by Crippen LogP contribution is -2.37. The highest BCUT2D eigenvalue weighted by molar-refractivity contribution is 6.30. The first-order valence-electron chi connectivity index (χ1n) is 7.04. The van der Waals surface area contributed by atoms with Gasteiger partial charge in [-0.05, 0) is 41.0 Å². The van der Waals surface area contributed by atoms with E-state index in [0.717, 1.165) is 11.1 Å². The predicted octanol–water partition coefficient (Wildman–Crippen LogP) is 3.76. The number of fused-ring (bicyclic) bond motifs is 1. The van der Waals surface area contributed by atoms with E-state index in [-0.39, 0.29) is 11.8 Å². The summed E-state index contributed by atoms with van der Waals surface area (Å²) < 4.78 is 0. The maximum absolute atomic E-state index is 12.0. The predicted molar refractivity (Wildman–Crippen MR) is 92.5 cm³/mol. The van der Waals surface area contributed by atoms with Crippen LogP contribution in [0.5, 0.6) is 0 Å². The first-order valence-corrected chi connectivity index (χ1v) is 7.42. The van der Waals surface area contributed by atoms with Gasteiger partial charge in [-0.25, -0.2) is 0 Å². The van der Waals surface area contributed by atoms with Crippen molar-refractivity contribution in [2.45, 2.75) is 12.5 Å². The molecule has 1 heterocycles. The Bertz CT molecular complexity index is 661. The van der Waals surface area contributed by atoms with E-state index in [4.69, 9.17) is 11.6 Å². The molecule has 4 heteroatoms. The van der Waals surface area contributed by atoms with Crippen LogP contribution in [0.3, 0.4) is 0 Å². The Kier molecular flexibility index (Phi) is 5.34. The second-order valence-electron chi connectivity index (χ2n) is 5.16. The van der Waals surface area contributed by atoms with Crippen molar-refractivity contribution < 1.29 is 4.79 Å². The smallest absolute Gasteiger partial charge is 0.246 e. The van der Waals surface area contributed by atoms with E-state index in [1.165, 1.54) is 11.6 Å². The van der Waals surface area contributed by atoms with Gasteiger partial charge in [-0.3, -0.25) is 9.79 Å². The number of nitrogens with zero attached hydrogens (tertiary/aromatic N) is 2. The summed E-state index contributed by atoms with van der Waals surface area (Å²) in [5.41, 5.74) is 3.16. The van der Waals surface area contributed by atoms with E-state index in [1.807, 2.05) is 30.4 Å². The number of benzene rings is 1. The zero-order chi connectivity index (χ0) is 16.1. The first-order chi connectivity index (χ1) is 10.6. The van der Waals surface area contributed by atoms with Gasteiger partial charge in [0.05, 0.1) is 0 Å². The van der Waals surface area contributed by atoms with Crippen LogP contribution in [0.25, 0.3) is 0 Å². The van der Waals surface area contributed by atoms with Crippen molar-refractivity contribution in [3.8, 4) is 0 Å². The van der Waals surface area contributed by atoms with Gasteiger partial charge in [-0.2, -0.15) is 0 Å². The van der Waals surface area contributed by atoms with E-state index in [9.17, 15) is 4.79 Å². The number of aliphatic imine (C=N–C) groups is 1. The molecule has 3 nitrogen and oxygen atoms in total. The van der Waals surface area contributed by atoms with Crippen LogP contribution in [-0.2, 0) is 11.3 Å². The molecule has 0 aromatic heterocycles. The Morgan fingerprint density at radius 2 is 2.27 bits per heavy atom. The van der Waals surface area contributed by atoms with Gasteiger partial charge in [0.1, 0.15) is 0 Å². The summed E-state index contributed by atoms with van der Waals surface area (Å²) in [6, 6.07) is 5.81. The lowest BCUT2D eigenvalue weighted by atomic mass is 9.84. The molecule has 0 unspecified atom stereocenters. The average molecular weight is 315 g/mol. The fourth-order valence-electron chi connectivity index (χ4n) is 2.62. The van der Waals surface area contributed by atoms with Crippen molar-refractivity contribution in [3.05, 3.63) is 71.3 Å². The second-order valence-corrected chi connectivity index (χ2v) is 5.60. The second kappa shape index (κ2) is 7.23. The van der Waals surface area contributed by atoms with Crippen molar-refractivity contribution in [1.29, 1.82) is 0 Å². The SMILES string of the molecule is C=CC(=O)N1Cc2cc(Cl)ccc2[C@@H](C(=C)/C=C\C=N/C)C1. The summed E-state index contributed by atoms with van der Waals surface area (Å²) in [5, 5.41) is 0.671. The van der Waals surface area contributed by atoms with E-state index < -0.39 is 0 Å². The Morgan fingerprint density at radius 1 is 1.50 bits per heavy atom. The van der Waals surface area contributed by atoms with E-state index >= 15 is 0 Å². The molecule has 0 spiro atoms. The molecule has 0 fully saturated rings. The van der Waals surface area contributed by atoms with E-state index in [0.29, 0.717) is 18.1 Å². The lowest BCUT2D eigenvalue weighted by molar-refractivity contribution is -0.127. The zero-order valence-electron chi connectivity index (χ0n) is 12.6. The maximum Gasteiger partial charge on any atom is 0.246 e. The summed E-state index contributed by atoms with van der Waals surface area (Å²) in [7, 11) is 1.72. The fraction of sp³-hybridized carbons (Fsp3) is 0.222. The van der Waals surface area contributed by atoms with Crippen molar-refractivity contribution in [1.82, 2.24) is 4.90 Å². The normalized spacial score (nSPS) is 17.7. The quantitative estimate of drug-likeness (QED) is 0.473. The number of carbonyl (C=O) groups is 1. The Morgan fingerprint density at radius 3 is 2.95 bits per heavy atom. The van der Waals surface area contributed by atoms with Crippen molar-refractivity contribution in [2.24, 2.45) is 4.99 Å². The summed E-state index contributed by atoms with van der Waals surface area (Å²) in [5.74, 6) is -0.0334. The van der Waals surface area contributed by atoms with Crippen LogP contribution >= 0.6 is 11.6 Å². The standard InChI is InChI=1S/C18H19ClN2O/c1-4-18(22)21-11-14-10-15(19)7-8-16(14)17(12-21)13(2)6-5-9-20-3/h4-10,17H,1-2,11-12H2,3H3/b6-5-,20-9-/t17-/m1/s1. The van der Waals surface area contributed by atoms with Gasteiger partial charge in [0.15, 0.2) is 0 Å². The molecule has 114 valence electrons. The molecule has 1 amide bonds. The van der Waals surface area contributed by atoms with Crippen molar-refractivity contribution in [3.63, 3.8) is 0 Å². The highest BCUT2D eigenvalue weighted by atomic mass is 35.5. The van der Waals surface area contributed by atoms with Gasteiger partial charge in [0, 0.05) is 37.3 Å². The van der Waals surface area contributed by atoms with Gasteiger partial charge in [0.2, 0.25) is 5.91 Å². The minimum atomic E-state index is -0.0810. The third-order valence-electron chi connectivity index (χ3n) is 3.72. The molecule has 1 aliphatic rings. The fourth-order valence-corrected chi connectivity index (χ4v) is 2.82. The third kappa shape index (κ3) is 3.55. The summed E-state index contributed by atoms with van der Waals surface area (Å²) in [4.78, 5) is 17.7. The molecule has 0 N–H and O–H groups in total. The third-order valence-corrected chi connectivity index (χ3v) is 3.96. The molecule has 22 heavy (non-hydrogen) atoms. The van der Waals surface area contributed by atoms with Crippen LogP contribution in [0.1, 0.15) is 17.0 Å². The van der Waals surface area contributed by atoms with E-state index in [2.05, 4.69) is 18.2 Å². The van der Waals surface area contributed by atoms with Crippen LogP contribution in [-0.4, -0.2) is 30.6 Å². The molecule has 1 aromatic rings. The number of carbonyl (C=O) groups excluding carboxylic acids is 1. The van der Waals surface area contributed by atoms with Gasteiger partial charge < -0.3 is 4.90 Å². The van der Waals surface area contributed by atoms with Crippen molar-refractivity contribution in [2.75, 3.05) is 13.6 Å². The highest BCUT2D eigenvalue weighted by Crippen LogP contribution is 2.34. The average Bonchev–Trinajstić information content (AvgIpc) is 2.52. The van der Waals surface area contributed by atoms with Crippen LogP contribution in [0, 0.1) is 0 Å². The van der Waals surface area contributed by atoms with Crippen molar-refractivity contribution >= 4 is 23.7 Å². The van der Waals surface area contributed by atoms with Gasteiger partial charge in [-0.15, -0.1) is 0 Å². The highest BCUT2D eigenvalue weighted by Gasteiger charge is 2.28. The zero-order valence-corrected chi connectivity index (χ0v) is 13.4. The summed E-state index contributed by atoms with van der Waals surface area (Å²) in [6.45, 7) is 8.85. The number of amides is 1. The Labute approximate surface area is 136 Å². The number of hydrogen-bond donors (Lipinski definition) is 0. The topological polar surface area (TPSA) is 32.7 Å². The molecule has 0 bridgehead atoms. The largest absolute Gasteiger partial charge is 0.334 e. The van der Waals surface area contributed by atoms with Gasteiger partial charge in [0.25, 0.3) is 0 Å². The summed E-state index contributed by atoms with van der Waals surface area (Å²) in [6.07, 6.45) is 6.84. The van der Waals surface area contributed by atoms with E-state index in [1.54, 1.807) is 18.2 Å². The number of rotatable bonds is 4.